The van der Waals surface area contributed by atoms with Crippen LogP contribution in [-0.2, 0) is 4.79 Å². The van der Waals surface area contributed by atoms with E-state index < -0.39 is 0 Å². The minimum atomic E-state index is 0.158. The van der Waals surface area contributed by atoms with Crippen LogP contribution in [0.15, 0.2) is 84.9 Å². The monoisotopic (exact) mass is 439 g/mol. The van der Waals surface area contributed by atoms with E-state index in [0.29, 0.717) is 12.8 Å². The normalized spacial score (nSPS) is 14.1. The highest BCUT2D eigenvalue weighted by molar-refractivity contribution is 6.11. The van der Waals surface area contributed by atoms with Gasteiger partial charge in [-0.25, -0.2) is 4.98 Å². The number of rotatable bonds is 0. The zero-order valence-corrected chi connectivity index (χ0v) is 18.5. The smallest absolute Gasteiger partial charge is 0.168 e. The molecule has 5 aromatic rings. The lowest BCUT2D eigenvalue weighted by Crippen LogP contribution is -2.28. The first-order chi connectivity index (χ1) is 16.7. The Labute approximate surface area is 196 Å². The lowest BCUT2D eigenvalue weighted by Gasteiger charge is -2.09. The third-order valence-corrected chi connectivity index (χ3v) is 6.42. The Bertz CT molecular complexity index is 1790. The van der Waals surface area contributed by atoms with Crippen LogP contribution >= 0.6 is 0 Å². The molecule has 0 radical (unpaired) electrons. The van der Waals surface area contributed by atoms with Crippen molar-refractivity contribution in [3.8, 4) is 0 Å². The molecule has 0 saturated carbocycles. The summed E-state index contributed by atoms with van der Waals surface area (Å²) in [6, 6.07) is 26.8. The van der Waals surface area contributed by atoms with Crippen molar-refractivity contribution >= 4 is 62.2 Å². The molecule has 2 aliphatic carbocycles. The van der Waals surface area contributed by atoms with Gasteiger partial charge in [0.25, 0.3) is 0 Å². The third kappa shape index (κ3) is 3.61. The molecule has 162 valence electrons. The van der Waals surface area contributed by atoms with Crippen LogP contribution in [-0.4, -0.2) is 16.6 Å². The van der Waals surface area contributed by atoms with Gasteiger partial charge in [0.05, 0.1) is 11.2 Å². The summed E-state index contributed by atoms with van der Waals surface area (Å²) in [6.07, 6.45) is 8.58. The number of hydrogen-bond donors (Lipinski definition) is 0. The Hall–Kier alpha value is -4.37. The average molecular weight is 440 g/mol. The maximum absolute atomic E-state index is 11.6. The second-order valence-corrected chi connectivity index (χ2v) is 8.65. The number of nitrogens with zero attached hydrogens (tertiary/aromatic N) is 1. The molecular formula is C31H21NO2. The number of benzene rings is 4. The molecule has 3 heteroatoms. The molecule has 0 unspecified atom stereocenters. The number of pyridine rings is 1. The van der Waals surface area contributed by atoms with Gasteiger partial charge in [0, 0.05) is 23.8 Å². The highest BCUT2D eigenvalue weighted by atomic mass is 16.1. The van der Waals surface area contributed by atoms with Crippen LogP contribution in [0.3, 0.4) is 0 Å². The van der Waals surface area contributed by atoms with Crippen LogP contribution < -0.4 is 10.4 Å². The van der Waals surface area contributed by atoms with Crippen molar-refractivity contribution in [1.29, 1.82) is 0 Å². The minimum absolute atomic E-state index is 0.158. The second-order valence-electron chi connectivity index (χ2n) is 8.65. The summed E-state index contributed by atoms with van der Waals surface area (Å²) >= 11 is 0. The molecule has 34 heavy (non-hydrogen) atoms. The summed E-state index contributed by atoms with van der Waals surface area (Å²) in [5.74, 6) is 0.346. The van der Waals surface area contributed by atoms with Crippen molar-refractivity contribution in [2.75, 3.05) is 0 Å². The summed E-state index contributed by atoms with van der Waals surface area (Å²) in [6.45, 7) is 0. The van der Waals surface area contributed by atoms with E-state index in [0.717, 1.165) is 27.4 Å². The Balaban J connectivity index is 0.000000132. The topological polar surface area (TPSA) is 47.0 Å². The third-order valence-electron chi connectivity index (χ3n) is 6.42. The maximum Gasteiger partial charge on any atom is 0.168 e. The Kier molecular flexibility index (Phi) is 4.88. The van der Waals surface area contributed by atoms with Gasteiger partial charge in [0.15, 0.2) is 11.6 Å². The largest absolute Gasteiger partial charge is 0.294 e. The highest BCUT2D eigenvalue weighted by Crippen LogP contribution is 2.24. The van der Waals surface area contributed by atoms with E-state index >= 15 is 0 Å². The molecule has 0 fully saturated rings. The van der Waals surface area contributed by atoms with Gasteiger partial charge >= 0.3 is 0 Å². The van der Waals surface area contributed by atoms with Crippen LogP contribution in [0, 0.1) is 0 Å². The van der Waals surface area contributed by atoms with Crippen molar-refractivity contribution in [3.63, 3.8) is 0 Å². The van der Waals surface area contributed by atoms with E-state index in [4.69, 9.17) is 0 Å². The molecular weight excluding hydrogens is 418 g/mol. The first kappa shape index (κ1) is 20.3. The molecule has 1 aromatic heterocycles. The summed E-state index contributed by atoms with van der Waals surface area (Å²) in [5, 5.41) is 8.22. The molecule has 3 nitrogen and oxygen atoms in total. The fourth-order valence-corrected chi connectivity index (χ4v) is 4.70. The molecule has 0 N–H and O–H groups in total. The molecule has 0 aliphatic heterocycles. The Morgan fingerprint density at radius 2 is 1.47 bits per heavy atom. The van der Waals surface area contributed by atoms with Crippen LogP contribution in [0.5, 0.6) is 0 Å². The highest BCUT2D eigenvalue weighted by Gasteiger charge is 2.14. The SMILES string of the molecule is O=C1C=c2cc3ccc4ccccc4c3cc2=CC1.O=C1CC=Cc2nc3ccccc3cc21. The molecule has 1 heterocycles. The number of allylic oxidation sites excluding steroid dienone is 1. The van der Waals surface area contributed by atoms with Crippen molar-refractivity contribution in [2.24, 2.45) is 0 Å². The molecule has 0 atom stereocenters. The first-order valence-electron chi connectivity index (χ1n) is 11.4. The van der Waals surface area contributed by atoms with Crippen molar-refractivity contribution in [3.05, 3.63) is 107 Å². The van der Waals surface area contributed by atoms with Gasteiger partial charge in [-0.05, 0) is 68.4 Å². The summed E-state index contributed by atoms with van der Waals surface area (Å²) in [7, 11) is 0. The number of Topliss-reactive ketones (excluding diaryl/α,β-unsaturated/α-hetero) is 2. The van der Waals surface area contributed by atoms with Crippen LogP contribution in [0.25, 0.3) is 50.7 Å². The van der Waals surface area contributed by atoms with Crippen LogP contribution in [0.1, 0.15) is 28.9 Å². The van der Waals surface area contributed by atoms with Crippen molar-refractivity contribution < 1.29 is 9.59 Å². The molecule has 0 bridgehead atoms. The van der Waals surface area contributed by atoms with E-state index in [-0.39, 0.29) is 11.6 Å². The van der Waals surface area contributed by atoms with E-state index in [1.54, 1.807) is 6.08 Å². The van der Waals surface area contributed by atoms with Gasteiger partial charge in [-0.1, -0.05) is 66.7 Å². The number of carbonyl (C=O) groups is 2. The summed E-state index contributed by atoms with van der Waals surface area (Å²) in [5.41, 5.74) is 2.48. The Morgan fingerprint density at radius 1 is 0.676 bits per heavy atom. The van der Waals surface area contributed by atoms with Gasteiger partial charge < -0.3 is 0 Å². The zero-order valence-electron chi connectivity index (χ0n) is 18.5. The molecule has 0 saturated heterocycles. The number of carbonyl (C=O) groups excluding carboxylic acids is 2. The fourth-order valence-electron chi connectivity index (χ4n) is 4.70. The summed E-state index contributed by atoms with van der Waals surface area (Å²) < 4.78 is 0. The average Bonchev–Trinajstić information content (AvgIpc) is 2.87. The summed E-state index contributed by atoms with van der Waals surface area (Å²) in [4.78, 5) is 27.6. The maximum atomic E-state index is 11.6. The lowest BCUT2D eigenvalue weighted by molar-refractivity contribution is -0.112. The fraction of sp³-hybridized carbons (Fsp3) is 0.0645. The van der Waals surface area contributed by atoms with E-state index in [1.165, 1.54) is 26.8 Å². The van der Waals surface area contributed by atoms with Crippen molar-refractivity contribution in [1.82, 2.24) is 4.98 Å². The van der Waals surface area contributed by atoms with Gasteiger partial charge in [0.1, 0.15) is 0 Å². The lowest BCUT2D eigenvalue weighted by atomic mass is 9.98. The van der Waals surface area contributed by atoms with E-state index in [2.05, 4.69) is 53.5 Å². The Morgan fingerprint density at radius 3 is 2.38 bits per heavy atom. The van der Waals surface area contributed by atoms with Crippen molar-refractivity contribution in [2.45, 2.75) is 12.8 Å². The molecule has 2 aliphatic rings. The second kappa shape index (κ2) is 8.20. The van der Waals surface area contributed by atoms with Gasteiger partial charge in [0.2, 0.25) is 0 Å². The zero-order chi connectivity index (χ0) is 23.1. The molecule has 4 aromatic carbocycles. The predicted octanol–water partition coefficient (Wildman–Crippen LogP) is 5.36. The van der Waals surface area contributed by atoms with Gasteiger partial charge in [-0.3, -0.25) is 9.59 Å². The molecule has 0 amide bonds. The minimum Gasteiger partial charge on any atom is -0.294 e. The van der Waals surface area contributed by atoms with E-state index in [1.807, 2.05) is 48.6 Å². The van der Waals surface area contributed by atoms with E-state index in [9.17, 15) is 9.59 Å². The van der Waals surface area contributed by atoms with Gasteiger partial charge in [-0.15, -0.1) is 0 Å². The quantitative estimate of drug-likeness (QED) is 0.305. The molecule has 0 spiro atoms. The van der Waals surface area contributed by atoms with Gasteiger partial charge in [-0.2, -0.15) is 0 Å². The number of fused-ring (bicyclic) bond motifs is 6. The first-order valence-corrected chi connectivity index (χ1v) is 11.4. The number of para-hydroxylation sites is 1. The number of hydrogen-bond acceptors (Lipinski definition) is 3. The predicted molar refractivity (Wildman–Crippen MR) is 139 cm³/mol. The van der Waals surface area contributed by atoms with Crippen LogP contribution in [0.2, 0.25) is 0 Å². The number of aromatic nitrogens is 1. The molecule has 7 rings (SSSR count). The van der Waals surface area contributed by atoms with Crippen LogP contribution in [0.4, 0.5) is 0 Å². The number of ketones is 2. The standard InChI is InChI=1S/C18H12O.C13H9NO/c19-16-8-7-13-11-18-14(9-15(13)10-16)6-5-12-3-1-2-4-17(12)18;15-13-7-3-6-12-10(13)8-9-4-1-2-5-11(9)14-12/h1-7,9-11H,8H2;1-6,8H,7H2.